The molecule has 13 heavy (non-hydrogen) atoms. The summed E-state index contributed by atoms with van der Waals surface area (Å²) >= 11 is 8.80. The van der Waals surface area contributed by atoms with Crippen molar-refractivity contribution in [3.63, 3.8) is 0 Å². The molecule has 0 saturated heterocycles. The Morgan fingerprint density at radius 2 is 2.38 bits per heavy atom. The van der Waals surface area contributed by atoms with E-state index >= 15 is 0 Å². The molecule has 72 valence electrons. The zero-order valence-corrected chi connectivity index (χ0v) is 10.9. The molecule has 0 radical (unpaired) electrons. The molecule has 0 saturated carbocycles. The van der Waals surface area contributed by atoms with Gasteiger partial charge in [0.15, 0.2) is 0 Å². The molecule has 2 nitrogen and oxygen atoms in total. The van der Waals surface area contributed by atoms with E-state index in [0.29, 0.717) is 0 Å². The van der Waals surface area contributed by atoms with Gasteiger partial charge in [-0.25, -0.2) is 0 Å². The predicted molar refractivity (Wildman–Crippen MR) is 57.7 cm³/mol. The number of hydrogen-bond acceptors (Lipinski definition) is 2. The van der Waals surface area contributed by atoms with Crippen molar-refractivity contribution in [2.24, 2.45) is 0 Å². The average molecular weight is 281 g/mol. The van der Waals surface area contributed by atoms with Crippen molar-refractivity contribution >= 4 is 45.8 Å². The van der Waals surface area contributed by atoms with Gasteiger partial charge >= 0.3 is 94.6 Å². The van der Waals surface area contributed by atoms with Crippen molar-refractivity contribution in [2.75, 3.05) is 0 Å². The van der Waals surface area contributed by atoms with Crippen LogP contribution in [0.3, 0.4) is 0 Å². The molecular weight excluding hydrogens is 271 g/mol. The van der Waals surface area contributed by atoms with Crippen LogP contribution in [0.4, 0.5) is 0 Å². The van der Waals surface area contributed by atoms with Gasteiger partial charge in [-0.3, -0.25) is 0 Å². The first-order valence-corrected chi connectivity index (χ1v) is 6.71. The fraction of sp³-hybridized carbons (Fsp3) is 0.375. The minimum absolute atomic E-state index is 0.134. The number of thiophene rings is 1. The average Bonchev–Trinajstić information content (AvgIpc) is 2.47. The first kappa shape index (κ1) is 11.1. The molecule has 1 aromatic heterocycles. The molecule has 2 unspecified atom stereocenters. The van der Waals surface area contributed by atoms with Gasteiger partial charge in [0.1, 0.15) is 0 Å². The molecule has 0 fully saturated rings. The Balaban J connectivity index is 2.72. The van der Waals surface area contributed by atoms with Gasteiger partial charge in [-0.2, -0.15) is 0 Å². The summed E-state index contributed by atoms with van der Waals surface area (Å²) in [5, 5.41) is 9.56. The fourth-order valence-corrected chi connectivity index (χ4v) is 3.47. The number of halogens is 1. The molecule has 2 atom stereocenters. The number of carbonyl (C=O) groups is 1. The second kappa shape index (κ2) is 5.04. The molecule has 0 aliphatic heterocycles. The van der Waals surface area contributed by atoms with Gasteiger partial charge in [-0.15, -0.1) is 0 Å². The third kappa shape index (κ3) is 3.34. The maximum atomic E-state index is 10.5. The molecule has 0 aromatic carbocycles. The van der Waals surface area contributed by atoms with E-state index in [4.69, 9.17) is 16.7 Å². The molecule has 5 heteroatoms. The van der Waals surface area contributed by atoms with Crippen molar-refractivity contribution in [3.05, 3.63) is 21.3 Å². The van der Waals surface area contributed by atoms with Crippen LogP contribution in [0.25, 0.3) is 0 Å². The molecule has 1 rings (SSSR count). The molecule has 0 aliphatic carbocycles. The number of rotatable bonds is 4. The van der Waals surface area contributed by atoms with Gasteiger partial charge in [0.05, 0.1) is 0 Å². The molecule has 1 aromatic rings. The minimum atomic E-state index is -0.743. The van der Waals surface area contributed by atoms with Crippen LogP contribution in [0.2, 0.25) is 9.54 Å². The number of carboxylic acid groups (broad SMARTS) is 1. The zero-order chi connectivity index (χ0) is 9.84. The van der Waals surface area contributed by atoms with Crippen LogP contribution in [0.5, 0.6) is 0 Å². The summed E-state index contributed by atoms with van der Waals surface area (Å²) in [6.07, 6.45) is 0.203. The fourth-order valence-electron chi connectivity index (χ4n) is 1.06. The van der Waals surface area contributed by atoms with Crippen molar-refractivity contribution in [1.29, 1.82) is 0 Å². The van der Waals surface area contributed by atoms with Gasteiger partial charge in [-0.1, -0.05) is 0 Å². The van der Waals surface area contributed by atoms with Crippen LogP contribution in [-0.2, 0) is 4.79 Å². The van der Waals surface area contributed by atoms with E-state index in [1.165, 1.54) is 11.3 Å². The normalized spacial score (nSPS) is 12.8. The van der Waals surface area contributed by atoms with E-state index in [2.05, 4.69) is 0 Å². The quantitative estimate of drug-likeness (QED) is 0.857. The van der Waals surface area contributed by atoms with Gasteiger partial charge in [0, 0.05) is 0 Å². The van der Waals surface area contributed by atoms with E-state index in [1.54, 1.807) is 16.9 Å². The van der Waals surface area contributed by atoms with Crippen LogP contribution >= 0.6 is 22.9 Å². The topological polar surface area (TPSA) is 37.3 Å². The molecule has 0 spiro atoms. The summed E-state index contributed by atoms with van der Waals surface area (Å²) in [5.74, 6) is -0.609. The van der Waals surface area contributed by atoms with E-state index in [-0.39, 0.29) is 12.3 Å². The molecule has 1 N–H and O–H groups in total. The standard InChI is InChI=1S/C8H10AsClO2S/c9-4-5(3-8(11)12)6-1-2-7(10)13-6/h1-2,5H,3-4,9H2,(H,11,12). The Kier molecular flexibility index (Phi) is 4.30. The third-order valence-electron chi connectivity index (χ3n) is 1.70. The van der Waals surface area contributed by atoms with E-state index in [0.717, 1.165) is 14.4 Å². The summed E-state index contributed by atoms with van der Waals surface area (Å²) in [5.41, 5.74) is 0. The summed E-state index contributed by atoms with van der Waals surface area (Å²) in [4.78, 5) is 11.6. The summed E-state index contributed by atoms with van der Waals surface area (Å²) in [6.45, 7) is 0. The molecule has 1 heterocycles. The SMILES string of the molecule is O=C(O)CC(C[AsH2])c1ccc(Cl)s1. The van der Waals surface area contributed by atoms with Crippen LogP contribution in [0.15, 0.2) is 12.1 Å². The van der Waals surface area contributed by atoms with Crippen molar-refractivity contribution in [1.82, 2.24) is 0 Å². The Hall–Kier alpha value is 0.0184. The Morgan fingerprint density at radius 3 is 2.77 bits per heavy atom. The van der Waals surface area contributed by atoms with Gasteiger partial charge in [0.25, 0.3) is 0 Å². The van der Waals surface area contributed by atoms with Gasteiger partial charge in [0.2, 0.25) is 0 Å². The zero-order valence-electron chi connectivity index (χ0n) is 6.87. The number of aliphatic carboxylic acids is 1. The van der Waals surface area contributed by atoms with Gasteiger partial charge in [-0.05, 0) is 0 Å². The Bertz CT molecular complexity index is 300. The third-order valence-corrected chi connectivity index (χ3v) is 4.29. The van der Waals surface area contributed by atoms with Gasteiger partial charge < -0.3 is 0 Å². The summed E-state index contributed by atoms with van der Waals surface area (Å²) in [6, 6.07) is 3.74. The first-order valence-electron chi connectivity index (χ1n) is 3.80. The van der Waals surface area contributed by atoms with Crippen LogP contribution in [-0.4, -0.2) is 27.9 Å². The number of hydrogen-bond donors (Lipinski definition) is 1. The maximum absolute atomic E-state index is 10.5. The first-order chi connectivity index (χ1) is 6.13. The molecule has 0 bridgehead atoms. The Morgan fingerprint density at radius 1 is 1.69 bits per heavy atom. The van der Waals surface area contributed by atoms with Crippen LogP contribution in [0, 0.1) is 0 Å². The van der Waals surface area contributed by atoms with E-state index < -0.39 is 5.97 Å². The van der Waals surface area contributed by atoms with Crippen molar-refractivity contribution in [3.8, 4) is 0 Å². The summed E-state index contributed by atoms with van der Waals surface area (Å²) in [7, 11) is 0. The van der Waals surface area contributed by atoms with E-state index in [9.17, 15) is 4.79 Å². The molecular formula is C8H10AsClO2S. The Labute approximate surface area is 94.4 Å². The summed E-state index contributed by atoms with van der Waals surface area (Å²) < 4.78 is 0.728. The second-order valence-electron chi connectivity index (χ2n) is 2.67. The molecule has 0 amide bonds. The second-order valence-corrected chi connectivity index (χ2v) is 5.41. The predicted octanol–water partition coefficient (Wildman–Crippen LogP) is 2.01. The van der Waals surface area contributed by atoms with E-state index in [1.807, 2.05) is 12.1 Å². The monoisotopic (exact) mass is 280 g/mol. The molecule has 0 aliphatic rings. The van der Waals surface area contributed by atoms with Crippen molar-refractivity contribution in [2.45, 2.75) is 17.5 Å². The number of carboxylic acids is 1. The van der Waals surface area contributed by atoms with Crippen LogP contribution < -0.4 is 0 Å². The van der Waals surface area contributed by atoms with Crippen molar-refractivity contribution < 1.29 is 9.90 Å². The van der Waals surface area contributed by atoms with Crippen LogP contribution in [0.1, 0.15) is 17.2 Å².